The van der Waals surface area contributed by atoms with E-state index in [1.54, 1.807) is 32.1 Å². The van der Waals surface area contributed by atoms with E-state index in [0.717, 1.165) is 43.4 Å². The van der Waals surface area contributed by atoms with Gasteiger partial charge in [-0.25, -0.2) is 4.79 Å². The maximum absolute atomic E-state index is 13.7. The van der Waals surface area contributed by atoms with Gasteiger partial charge in [0.1, 0.15) is 6.54 Å². The normalized spacial score (nSPS) is 19.2. The number of ketones is 1. The van der Waals surface area contributed by atoms with Gasteiger partial charge >= 0.3 is 11.9 Å². The number of nitrogens with zero attached hydrogens (tertiary/aromatic N) is 2. The van der Waals surface area contributed by atoms with Gasteiger partial charge < -0.3 is 20.2 Å². The second-order valence-corrected chi connectivity index (χ2v) is 15.1. The summed E-state index contributed by atoms with van der Waals surface area (Å²) in [7, 11) is 0. The molecule has 7 rings (SSSR count). The Bertz CT molecular complexity index is 2170. The predicted octanol–water partition coefficient (Wildman–Crippen LogP) is 6.49. The number of hydrogen-bond acceptors (Lipinski definition) is 7. The van der Waals surface area contributed by atoms with Gasteiger partial charge in [-0.05, 0) is 83.8 Å². The molecule has 8 nitrogen and oxygen atoms in total. The van der Waals surface area contributed by atoms with Gasteiger partial charge in [-0.15, -0.1) is 22.7 Å². The highest BCUT2D eigenvalue weighted by Gasteiger charge is 2.47. The zero-order valence-electron chi connectivity index (χ0n) is 26.7. The van der Waals surface area contributed by atoms with Gasteiger partial charge in [0.15, 0.2) is 11.5 Å². The van der Waals surface area contributed by atoms with Crippen LogP contribution in [0.25, 0.3) is 20.9 Å². The van der Waals surface area contributed by atoms with Crippen molar-refractivity contribution in [3.8, 4) is 20.9 Å². The van der Waals surface area contributed by atoms with Gasteiger partial charge in [0.05, 0.1) is 5.41 Å². The van der Waals surface area contributed by atoms with E-state index < -0.39 is 34.3 Å². The molecule has 10 heteroatoms. The molecule has 0 fully saturated rings. The highest BCUT2D eigenvalue weighted by molar-refractivity contribution is 7.13. The Morgan fingerprint density at radius 1 is 0.854 bits per heavy atom. The molecule has 0 radical (unpaired) electrons. The predicted molar refractivity (Wildman–Crippen MR) is 186 cm³/mol. The lowest BCUT2D eigenvalue weighted by atomic mass is 9.77. The number of anilines is 1. The third-order valence-corrected chi connectivity index (χ3v) is 11.4. The Labute approximate surface area is 285 Å². The van der Waals surface area contributed by atoms with E-state index in [0.29, 0.717) is 11.4 Å². The Morgan fingerprint density at radius 2 is 1.48 bits per heavy atom. The topological polar surface area (TPSA) is 121 Å². The molecule has 0 saturated heterocycles. The van der Waals surface area contributed by atoms with Crippen LogP contribution in [0.15, 0.2) is 106 Å². The van der Waals surface area contributed by atoms with Crippen LogP contribution in [-0.4, -0.2) is 51.3 Å². The molecule has 0 unspecified atom stereocenters. The number of thiophene rings is 2. The zero-order valence-corrected chi connectivity index (χ0v) is 28.4. The van der Waals surface area contributed by atoms with Crippen molar-refractivity contribution in [1.29, 1.82) is 0 Å². The minimum absolute atomic E-state index is 0.0234. The van der Waals surface area contributed by atoms with E-state index in [1.165, 1.54) is 12.2 Å². The van der Waals surface area contributed by atoms with E-state index in [2.05, 4.69) is 12.1 Å². The van der Waals surface area contributed by atoms with Gasteiger partial charge in [0, 0.05) is 55.4 Å². The second kappa shape index (κ2) is 11.3. The quantitative estimate of drug-likeness (QED) is 0.162. The summed E-state index contributed by atoms with van der Waals surface area (Å²) in [6.07, 6.45) is 3.08. The summed E-state index contributed by atoms with van der Waals surface area (Å²) >= 11 is 3.22. The van der Waals surface area contributed by atoms with E-state index >= 15 is 0 Å². The first-order valence-corrected chi connectivity index (χ1v) is 17.2. The second-order valence-electron chi connectivity index (χ2n) is 13.2. The van der Waals surface area contributed by atoms with Gasteiger partial charge in [-0.1, -0.05) is 37.8 Å². The number of benzene rings is 2. The molecule has 0 saturated carbocycles. The first-order valence-electron chi connectivity index (χ1n) is 15.4. The number of fused-ring (bicyclic) bond motifs is 2. The molecule has 0 atom stereocenters. The fourth-order valence-corrected chi connectivity index (χ4v) is 8.49. The molecule has 0 bridgehead atoms. The summed E-state index contributed by atoms with van der Waals surface area (Å²) in [5.41, 5.74) is 4.92. The number of allylic oxidation sites excluding steroid dienone is 5. The summed E-state index contributed by atoms with van der Waals surface area (Å²) < 4.78 is 1.66. The van der Waals surface area contributed by atoms with Crippen molar-refractivity contribution >= 4 is 57.5 Å². The minimum Gasteiger partial charge on any atom is -0.871 e. The molecule has 2 N–H and O–H groups in total. The number of carboxylic acid groups (broad SMARTS) is 2. The molecule has 4 aromatic rings. The third-order valence-electron chi connectivity index (χ3n) is 9.52. The fourth-order valence-electron chi connectivity index (χ4n) is 7.04. The highest BCUT2D eigenvalue weighted by atomic mass is 32.1. The first kappa shape index (κ1) is 31.5. The van der Waals surface area contributed by atoms with Gasteiger partial charge in [0.25, 0.3) is 0 Å². The minimum atomic E-state index is -1.04. The average Bonchev–Trinajstić information content (AvgIpc) is 3.83. The molecule has 4 heterocycles. The number of carboxylic acids is 2. The third kappa shape index (κ3) is 4.94. The fraction of sp³-hybridized carbons (Fsp3) is 0.211. The molecule has 1 aliphatic carbocycles. The summed E-state index contributed by atoms with van der Waals surface area (Å²) in [6.45, 7) is 7.19. The molecule has 0 amide bonds. The molecule has 2 aromatic carbocycles. The van der Waals surface area contributed by atoms with E-state index in [1.807, 2.05) is 87.0 Å². The van der Waals surface area contributed by atoms with Gasteiger partial charge in [-0.3, -0.25) is 9.59 Å². The lowest BCUT2D eigenvalue weighted by Crippen LogP contribution is -2.36. The van der Waals surface area contributed by atoms with Crippen molar-refractivity contribution in [2.24, 2.45) is 0 Å². The van der Waals surface area contributed by atoms with Crippen molar-refractivity contribution < 1.29 is 34.3 Å². The first-order chi connectivity index (χ1) is 22.8. The van der Waals surface area contributed by atoms with Crippen LogP contribution in [0.3, 0.4) is 0 Å². The van der Waals surface area contributed by atoms with Crippen molar-refractivity contribution in [3.63, 3.8) is 0 Å². The number of rotatable bonds is 8. The molecule has 0 spiro atoms. The summed E-state index contributed by atoms with van der Waals surface area (Å²) in [6, 6.07) is 19.8. The van der Waals surface area contributed by atoms with Gasteiger partial charge in [0.2, 0.25) is 12.2 Å². The molecule has 242 valence electrons. The van der Waals surface area contributed by atoms with E-state index in [4.69, 9.17) is 0 Å². The number of hydrogen-bond donors (Lipinski definition) is 2. The van der Waals surface area contributed by atoms with Crippen LogP contribution in [0, 0.1) is 0 Å². The van der Waals surface area contributed by atoms with Crippen molar-refractivity contribution in [3.05, 3.63) is 117 Å². The van der Waals surface area contributed by atoms with Crippen molar-refractivity contribution in [1.82, 2.24) is 0 Å². The highest BCUT2D eigenvalue weighted by Crippen LogP contribution is 2.50. The monoisotopic (exact) mass is 676 g/mol. The maximum atomic E-state index is 13.7. The Kier molecular flexibility index (Phi) is 7.41. The van der Waals surface area contributed by atoms with Crippen LogP contribution in [0.2, 0.25) is 0 Å². The molecule has 3 aliphatic rings. The molecule has 2 aromatic heterocycles. The number of carbonyl (C=O) groups excluding carboxylic acids is 1. The smallest absolute Gasteiger partial charge is 0.370 e. The standard InChI is InChI=1S/C38H32N2O6S2/c1-37(2)25-15-21(29-7-5-13-47-29)9-11-27(25)39(19-33(41)42)31(37)17-23-35(45)24(36(23)46)18-32-38(3,4)26-16-22(30-8-6-14-48-30)10-12-28(26)40(32)20-34(43)44/h5-18H,19-20H2,1-4H3,(H2-,41,42,43,44,45,46). The summed E-state index contributed by atoms with van der Waals surface area (Å²) in [5.74, 6) is -2.99. The van der Waals surface area contributed by atoms with Gasteiger partial charge in [-0.2, -0.15) is 4.58 Å². The lowest BCUT2D eigenvalue weighted by Gasteiger charge is -2.32. The van der Waals surface area contributed by atoms with Crippen LogP contribution in [0.1, 0.15) is 38.8 Å². The molecule has 2 aliphatic heterocycles. The summed E-state index contributed by atoms with van der Waals surface area (Å²) in [4.78, 5) is 41.6. The number of Topliss-reactive ketones (excluding diaryl/α,β-unsaturated/α-hetero) is 1. The Hall–Kier alpha value is -5.06. The largest absolute Gasteiger partial charge is 0.871 e. The zero-order chi connectivity index (χ0) is 34.1. The number of aliphatic carboxylic acids is 2. The van der Waals surface area contributed by atoms with Crippen LogP contribution >= 0.6 is 22.7 Å². The molecular formula is C38H32N2O6S2. The molecule has 48 heavy (non-hydrogen) atoms. The van der Waals surface area contributed by atoms with Crippen molar-refractivity contribution in [2.75, 3.05) is 18.0 Å². The summed E-state index contributed by atoms with van der Waals surface area (Å²) in [5, 5.41) is 37.4. The van der Waals surface area contributed by atoms with Crippen molar-refractivity contribution in [2.45, 2.75) is 38.5 Å². The Balaban J connectivity index is 1.30. The van der Waals surface area contributed by atoms with Crippen LogP contribution < -0.4 is 10.0 Å². The number of carbonyl (C=O) groups is 3. The van der Waals surface area contributed by atoms with Crippen LogP contribution in [0.5, 0.6) is 0 Å². The SMILES string of the molecule is CC1(C)C(=CC2=C([O-])C(=CC3=[N+](CC(=O)O)c4ccc(-c5cccs5)cc4C3(C)C)C2=O)N(CC(=O)O)c2ccc(-c3cccs3)cc21. The molecular weight excluding hydrogens is 645 g/mol. The van der Waals surface area contributed by atoms with Crippen LogP contribution in [0.4, 0.5) is 11.4 Å². The lowest BCUT2D eigenvalue weighted by molar-refractivity contribution is -0.428. The van der Waals surface area contributed by atoms with E-state index in [-0.39, 0.29) is 24.2 Å². The average molecular weight is 677 g/mol. The Morgan fingerprint density at radius 3 is 2.04 bits per heavy atom. The van der Waals surface area contributed by atoms with E-state index in [9.17, 15) is 29.7 Å². The maximum Gasteiger partial charge on any atom is 0.370 e. The van der Waals surface area contributed by atoms with Crippen LogP contribution in [-0.2, 0) is 25.2 Å².